The third-order valence-electron chi connectivity index (χ3n) is 2.72. The van der Waals surface area contributed by atoms with Crippen LogP contribution in [0.25, 0.3) is 0 Å². The van der Waals surface area contributed by atoms with Gasteiger partial charge in [0.25, 0.3) is 5.91 Å². The van der Waals surface area contributed by atoms with Crippen molar-refractivity contribution < 1.29 is 9.21 Å². The van der Waals surface area contributed by atoms with Crippen molar-refractivity contribution in [3.05, 3.63) is 22.6 Å². The van der Waals surface area contributed by atoms with Gasteiger partial charge in [-0.15, -0.1) is 0 Å². The fourth-order valence-electron chi connectivity index (χ4n) is 1.94. The molecule has 1 amide bonds. The predicted octanol–water partition coefficient (Wildman–Crippen LogP) is 1.61. The van der Waals surface area contributed by atoms with Crippen LogP contribution >= 0.6 is 15.9 Å². The van der Waals surface area contributed by atoms with Gasteiger partial charge >= 0.3 is 0 Å². The van der Waals surface area contributed by atoms with Crippen molar-refractivity contribution >= 4 is 21.8 Å². The van der Waals surface area contributed by atoms with E-state index < -0.39 is 0 Å². The van der Waals surface area contributed by atoms with Gasteiger partial charge in [-0.3, -0.25) is 4.79 Å². The molecule has 0 bridgehead atoms. The zero-order chi connectivity index (χ0) is 10.8. The molecule has 1 aliphatic rings. The highest BCUT2D eigenvalue weighted by atomic mass is 79.9. The van der Waals surface area contributed by atoms with E-state index in [1.54, 1.807) is 6.07 Å². The summed E-state index contributed by atoms with van der Waals surface area (Å²) in [5, 5.41) is 0. The van der Waals surface area contributed by atoms with Gasteiger partial charge in [0.1, 0.15) is 6.26 Å². The molecule has 1 atom stereocenters. The molecule has 2 rings (SSSR count). The Kier molecular flexibility index (Phi) is 3.11. The van der Waals surface area contributed by atoms with Crippen molar-refractivity contribution in [2.75, 3.05) is 13.1 Å². The maximum Gasteiger partial charge on any atom is 0.257 e. The van der Waals surface area contributed by atoms with Crippen LogP contribution in [0.4, 0.5) is 0 Å². The zero-order valence-electron chi connectivity index (χ0n) is 8.28. The lowest BCUT2D eigenvalue weighted by molar-refractivity contribution is 0.0740. The van der Waals surface area contributed by atoms with Gasteiger partial charge in [-0.1, -0.05) is 0 Å². The van der Waals surface area contributed by atoms with Gasteiger partial charge in [0.2, 0.25) is 0 Å². The van der Waals surface area contributed by atoms with Crippen LogP contribution in [0.15, 0.2) is 21.4 Å². The van der Waals surface area contributed by atoms with Gasteiger partial charge in [-0.25, -0.2) is 0 Å². The molecule has 1 fully saturated rings. The summed E-state index contributed by atoms with van der Waals surface area (Å²) in [5.74, 6) is 0.0115. The molecule has 0 aromatic carbocycles. The van der Waals surface area contributed by atoms with Crippen LogP contribution in [0.5, 0.6) is 0 Å². The molecule has 0 aliphatic carbocycles. The minimum Gasteiger partial charge on any atom is -0.457 e. The predicted molar refractivity (Wildman–Crippen MR) is 59.5 cm³/mol. The third kappa shape index (κ3) is 2.08. The Labute approximate surface area is 96.5 Å². The highest BCUT2D eigenvalue weighted by Gasteiger charge is 2.28. The normalized spacial score (nSPS) is 20.9. The number of hydrogen-bond donors (Lipinski definition) is 1. The van der Waals surface area contributed by atoms with Gasteiger partial charge in [0.05, 0.1) is 5.56 Å². The number of nitrogens with zero attached hydrogens (tertiary/aromatic N) is 1. The summed E-state index contributed by atoms with van der Waals surface area (Å²) >= 11 is 3.18. The average molecular weight is 273 g/mol. The van der Waals surface area contributed by atoms with Crippen LogP contribution in [0.1, 0.15) is 23.2 Å². The number of hydrogen-bond acceptors (Lipinski definition) is 3. The second-order valence-corrected chi connectivity index (χ2v) is 4.45. The highest BCUT2D eigenvalue weighted by molar-refractivity contribution is 9.10. The Balaban J connectivity index is 2.13. The second kappa shape index (κ2) is 4.37. The van der Waals surface area contributed by atoms with Crippen molar-refractivity contribution in [2.45, 2.75) is 18.9 Å². The molecule has 2 N–H and O–H groups in total. The fraction of sp³-hybridized carbons (Fsp3) is 0.500. The zero-order valence-corrected chi connectivity index (χ0v) is 9.87. The maximum absolute atomic E-state index is 12.0. The number of halogens is 1. The van der Waals surface area contributed by atoms with Gasteiger partial charge in [-0.05, 0) is 28.8 Å². The van der Waals surface area contributed by atoms with Crippen molar-refractivity contribution in [2.24, 2.45) is 5.73 Å². The largest absolute Gasteiger partial charge is 0.457 e. The van der Waals surface area contributed by atoms with Crippen molar-refractivity contribution in [1.29, 1.82) is 0 Å². The van der Waals surface area contributed by atoms with Crippen LogP contribution < -0.4 is 5.73 Å². The Bertz CT molecular complexity index is 364. The van der Waals surface area contributed by atoms with Crippen molar-refractivity contribution in [3.8, 4) is 0 Å². The standard InChI is InChI=1S/C10H13BrN2O2/c11-9-4-7(6-15-9)10(14)13-3-1-2-8(13)5-12/h4,6,8H,1-3,5,12H2. The molecule has 1 aromatic heterocycles. The van der Waals surface area contributed by atoms with E-state index in [0.29, 0.717) is 16.8 Å². The van der Waals surface area contributed by atoms with E-state index in [0.717, 1.165) is 19.4 Å². The molecule has 1 saturated heterocycles. The van der Waals surface area contributed by atoms with E-state index in [1.807, 2.05) is 4.90 Å². The number of nitrogens with two attached hydrogens (primary N) is 1. The van der Waals surface area contributed by atoms with Crippen LogP contribution in [0, 0.1) is 0 Å². The molecule has 1 unspecified atom stereocenters. The molecule has 0 radical (unpaired) electrons. The van der Waals surface area contributed by atoms with Crippen molar-refractivity contribution in [1.82, 2.24) is 4.90 Å². The van der Waals surface area contributed by atoms with E-state index in [4.69, 9.17) is 10.2 Å². The van der Waals surface area contributed by atoms with E-state index in [1.165, 1.54) is 6.26 Å². The number of carbonyl (C=O) groups is 1. The van der Waals surface area contributed by atoms with E-state index in [-0.39, 0.29) is 11.9 Å². The van der Waals surface area contributed by atoms with Gasteiger partial charge in [0.15, 0.2) is 4.67 Å². The summed E-state index contributed by atoms with van der Waals surface area (Å²) in [6.07, 6.45) is 3.51. The topological polar surface area (TPSA) is 59.5 Å². The molecule has 1 aliphatic heterocycles. The minimum absolute atomic E-state index is 0.0115. The first-order chi connectivity index (χ1) is 7.22. The summed E-state index contributed by atoms with van der Waals surface area (Å²) in [5.41, 5.74) is 6.20. The summed E-state index contributed by atoms with van der Waals surface area (Å²) < 4.78 is 5.63. The maximum atomic E-state index is 12.0. The number of furan rings is 1. The molecule has 1 aromatic rings. The van der Waals surface area contributed by atoms with E-state index in [9.17, 15) is 4.79 Å². The molecule has 4 nitrogen and oxygen atoms in total. The number of rotatable bonds is 2. The van der Waals surface area contributed by atoms with Crippen molar-refractivity contribution in [3.63, 3.8) is 0 Å². The first-order valence-electron chi connectivity index (χ1n) is 4.97. The lowest BCUT2D eigenvalue weighted by Crippen LogP contribution is -2.39. The second-order valence-electron chi connectivity index (χ2n) is 3.67. The fourth-order valence-corrected chi connectivity index (χ4v) is 2.28. The summed E-state index contributed by atoms with van der Waals surface area (Å²) in [4.78, 5) is 13.8. The Morgan fingerprint density at radius 2 is 2.53 bits per heavy atom. The lowest BCUT2D eigenvalue weighted by atomic mass is 10.2. The smallest absolute Gasteiger partial charge is 0.257 e. The summed E-state index contributed by atoms with van der Waals surface area (Å²) in [6.45, 7) is 1.33. The molecule has 15 heavy (non-hydrogen) atoms. The Morgan fingerprint density at radius 3 is 3.13 bits per heavy atom. The quantitative estimate of drug-likeness (QED) is 0.890. The van der Waals surface area contributed by atoms with Gasteiger partial charge in [-0.2, -0.15) is 0 Å². The van der Waals surface area contributed by atoms with E-state index >= 15 is 0 Å². The molecule has 0 saturated carbocycles. The minimum atomic E-state index is 0.0115. The summed E-state index contributed by atoms with van der Waals surface area (Å²) in [7, 11) is 0. The lowest BCUT2D eigenvalue weighted by Gasteiger charge is -2.22. The Hall–Kier alpha value is -0.810. The third-order valence-corrected chi connectivity index (χ3v) is 3.14. The molecule has 82 valence electrons. The van der Waals surface area contributed by atoms with Crippen LogP contribution in [-0.4, -0.2) is 29.9 Å². The molecule has 2 heterocycles. The first-order valence-corrected chi connectivity index (χ1v) is 5.76. The first kappa shape index (κ1) is 10.7. The number of amides is 1. The number of carbonyl (C=O) groups excluding carboxylic acids is 1. The summed E-state index contributed by atoms with van der Waals surface area (Å²) in [6, 6.07) is 1.87. The highest BCUT2D eigenvalue weighted by Crippen LogP contribution is 2.21. The monoisotopic (exact) mass is 272 g/mol. The van der Waals surface area contributed by atoms with Crippen LogP contribution in [0.3, 0.4) is 0 Å². The van der Waals surface area contributed by atoms with Crippen LogP contribution in [-0.2, 0) is 0 Å². The average Bonchev–Trinajstić information content (AvgIpc) is 2.84. The SMILES string of the molecule is NCC1CCCN1C(=O)c1coc(Br)c1. The van der Waals surface area contributed by atoms with E-state index in [2.05, 4.69) is 15.9 Å². The van der Waals surface area contributed by atoms with Gasteiger partial charge in [0, 0.05) is 25.2 Å². The molecular formula is C10H13BrN2O2. The number of likely N-dealkylation sites (tertiary alicyclic amines) is 1. The molecular weight excluding hydrogens is 260 g/mol. The Morgan fingerprint density at radius 1 is 1.73 bits per heavy atom. The van der Waals surface area contributed by atoms with Crippen LogP contribution in [0.2, 0.25) is 0 Å². The van der Waals surface area contributed by atoms with Gasteiger partial charge < -0.3 is 15.1 Å². The molecule has 0 spiro atoms. The molecule has 5 heteroatoms.